The standard InChI is InChI=1S/C20H21Cl2N3O2/c21-15-10-16(22)12-18(11-15)24-19(26)13-23-17-6-4-5-14(9-17)20(27)25-7-2-1-3-8-25/h4-6,9-12,23H,1-3,7-8,13H2,(H,24,26). The quantitative estimate of drug-likeness (QED) is 0.759. The van der Waals surface area contributed by atoms with Crippen LogP contribution in [0.1, 0.15) is 29.6 Å². The van der Waals surface area contributed by atoms with Crippen LogP contribution in [0.15, 0.2) is 42.5 Å². The number of piperidine rings is 1. The molecule has 2 aromatic rings. The number of nitrogens with one attached hydrogen (secondary N) is 2. The van der Waals surface area contributed by atoms with Crippen LogP contribution in [0.25, 0.3) is 0 Å². The minimum absolute atomic E-state index is 0.0383. The summed E-state index contributed by atoms with van der Waals surface area (Å²) >= 11 is 11.9. The van der Waals surface area contributed by atoms with Gasteiger partial charge in [0.2, 0.25) is 5.91 Å². The molecule has 2 aromatic carbocycles. The van der Waals surface area contributed by atoms with Crippen molar-refractivity contribution in [3.05, 3.63) is 58.1 Å². The molecule has 27 heavy (non-hydrogen) atoms. The number of amides is 2. The van der Waals surface area contributed by atoms with Crippen molar-refractivity contribution in [2.24, 2.45) is 0 Å². The van der Waals surface area contributed by atoms with Gasteiger partial charge in [-0.25, -0.2) is 0 Å². The van der Waals surface area contributed by atoms with E-state index in [1.165, 1.54) is 6.42 Å². The van der Waals surface area contributed by atoms with Gasteiger partial charge in [-0.2, -0.15) is 0 Å². The van der Waals surface area contributed by atoms with Gasteiger partial charge in [-0.1, -0.05) is 29.3 Å². The molecule has 0 spiro atoms. The molecule has 0 radical (unpaired) electrons. The molecule has 142 valence electrons. The third kappa shape index (κ3) is 5.62. The van der Waals surface area contributed by atoms with Gasteiger partial charge in [-0.05, 0) is 55.7 Å². The van der Waals surface area contributed by atoms with Crippen LogP contribution in [0.4, 0.5) is 11.4 Å². The Kier molecular flexibility index (Phi) is 6.58. The fraction of sp³-hybridized carbons (Fsp3) is 0.300. The van der Waals surface area contributed by atoms with Crippen LogP contribution < -0.4 is 10.6 Å². The third-order valence-electron chi connectivity index (χ3n) is 4.35. The molecule has 0 aromatic heterocycles. The second-order valence-electron chi connectivity index (χ2n) is 6.49. The van der Waals surface area contributed by atoms with Crippen LogP contribution in [0, 0.1) is 0 Å². The maximum absolute atomic E-state index is 12.6. The second kappa shape index (κ2) is 9.11. The highest BCUT2D eigenvalue weighted by Gasteiger charge is 2.18. The topological polar surface area (TPSA) is 61.4 Å². The third-order valence-corrected chi connectivity index (χ3v) is 4.79. The van der Waals surface area contributed by atoms with E-state index in [1.54, 1.807) is 30.3 Å². The lowest BCUT2D eigenvalue weighted by Gasteiger charge is -2.26. The van der Waals surface area contributed by atoms with Crippen LogP contribution in [0.5, 0.6) is 0 Å². The van der Waals surface area contributed by atoms with E-state index in [-0.39, 0.29) is 18.4 Å². The Morgan fingerprint density at radius 3 is 2.33 bits per heavy atom. The lowest BCUT2D eigenvalue weighted by molar-refractivity contribution is -0.114. The van der Waals surface area contributed by atoms with E-state index >= 15 is 0 Å². The number of carbonyl (C=O) groups is 2. The highest BCUT2D eigenvalue weighted by Crippen LogP contribution is 2.22. The molecule has 1 fully saturated rings. The molecular formula is C20H21Cl2N3O2. The predicted octanol–water partition coefficient (Wildman–Crippen LogP) is 4.67. The maximum Gasteiger partial charge on any atom is 0.253 e. The number of likely N-dealkylation sites (tertiary alicyclic amines) is 1. The van der Waals surface area contributed by atoms with E-state index < -0.39 is 0 Å². The van der Waals surface area contributed by atoms with Crippen LogP contribution in [0.2, 0.25) is 10.0 Å². The van der Waals surface area contributed by atoms with E-state index in [0.29, 0.717) is 21.3 Å². The zero-order chi connectivity index (χ0) is 19.2. The first-order valence-corrected chi connectivity index (χ1v) is 9.66. The number of benzene rings is 2. The smallest absolute Gasteiger partial charge is 0.253 e. The van der Waals surface area contributed by atoms with Crippen LogP contribution in [-0.2, 0) is 4.79 Å². The highest BCUT2D eigenvalue weighted by molar-refractivity contribution is 6.35. The molecule has 1 aliphatic rings. The van der Waals surface area contributed by atoms with Crippen LogP contribution in [-0.4, -0.2) is 36.3 Å². The summed E-state index contributed by atoms with van der Waals surface area (Å²) in [5.74, 6) is -0.197. The number of carbonyl (C=O) groups excluding carboxylic acids is 2. The van der Waals surface area contributed by atoms with Gasteiger partial charge < -0.3 is 15.5 Å². The minimum Gasteiger partial charge on any atom is -0.376 e. The first-order valence-electron chi connectivity index (χ1n) is 8.90. The Morgan fingerprint density at radius 1 is 0.926 bits per heavy atom. The van der Waals surface area contributed by atoms with Gasteiger partial charge in [0.15, 0.2) is 0 Å². The summed E-state index contributed by atoms with van der Waals surface area (Å²) in [5.41, 5.74) is 1.88. The molecule has 7 heteroatoms. The summed E-state index contributed by atoms with van der Waals surface area (Å²) in [6.07, 6.45) is 3.28. The predicted molar refractivity (Wildman–Crippen MR) is 110 cm³/mol. The molecule has 0 bridgehead atoms. The molecule has 2 amide bonds. The van der Waals surface area contributed by atoms with Crippen LogP contribution in [0.3, 0.4) is 0 Å². The highest BCUT2D eigenvalue weighted by atomic mass is 35.5. The van der Waals surface area contributed by atoms with Crippen molar-refractivity contribution in [3.63, 3.8) is 0 Å². The number of nitrogens with zero attached hydrogens (tertiary/aromatic N) is 1. The number of hydrogen-bond acceptors (Lipinski definition) is 3. The number of anilines is 2. The Labute approximate surface area is 168 Å². The van der Waals surface area contributed by atoms with Gasteiger partial charge in [0, 0.05) is 40.1 Å². The van der Waals surface area contributed by atoms with Crippen molar-refractivity contribution >= 4 is 46.4 Å². The van der Waals surface area contributed by atoms with Crippen molar-refractivity contribution in [1.82, 2.24) is 4.90 Å². The Bertz CT molecular complexity index is 815. The van der Waals surface area contributed by atoms with Gasteiger partial charge in [0.05, 0.1) is 6.54 Å². The lowest BCUT2D eigenvalue weighted by atomic mass is 10.1. The molecule has 0 atom stereocenters. The number of rotatable bonds is 5. The first-order chi connectivity index (χ1) is 13.0. The van der Waals surface area contributed by atoms with E-state index in [4.69, 9.17) is 23.2 Å². The molecule has 0 aliphatic carbocycles. The van der Waals surface area contributed by atoms with Gasteiger partial charge in [0.1, 0.15) is 0 Å². The average Bonchev–Trinajstić information content (AvgIpc) is 2.66. The Morgan fingerprint density at radius 2 is 1.63 bits per heavy atom. The van der Waals surface area contributed by atoms with Gasteiger partial charge >= 0.3 is 0 Å². The minimum atomic E-state index is -0.235. The van der Waals surface area contributed by atoms with E-state index in [2.05, 4.69) is 10.6 Å². The zero-order valence-electron chi connectivity index (χ0n) is 14.8. The summed E-state index contributed by atoms with van der Waals surface area (Å²) in [6.45, 7) is 1.67. The second-order valence-corrected chi connectivity index (χ2v) is 7.37. The molecular weight excluding hydrogens is 385 g/mol. The molecule has 2 N–H and O–H groups in total. The van der Waals surface area contributed by atoms with Crippen molar-refractivity contribution < 1.29 is 9.59 Å². The average molecular weight is 406 g/mol. The molecule has 3 rings (SSSR count). The molecule has 1 aliphatic heterocycles. The fourth-order valence-electron chi connectivity index (χ4n) is 3.06. The summed E-state index contributed by atoms with van der Waals surface area (Å²) in [6, 6.07) is 12.1. The first kappa shape index (κ1) is 19.5. The largest absolute Gasteiger partial charge is 0.376 e. The maximum atomic E-state index is 12.6. The monoisotopic (exact) mass is 405 g/mol. The summed E-state index contributed by atoms with van der Waals surface area (Å²) in [7, 11) is 0. The van der Waals surface area contributed by atoms with Gasteiger partial charge in [0.25, 0.3) is 5.91 Å². The number of halogens is 2. The summed E-state index contributed by atoms with van der Waals surface area (Å²) < 4.78 is 0. The lowest BCUT2D eigenvalue weighted by Crippen LogP contribution is -2.35. The van der Waals surface area contributed by atoms with Gasteiger partial charge in [-0.3, -0.25) is 9.59 Å². The molecule has 5 nitrogen and oxygen atoms in total. The van der Waals surface area contributed by atoms with Crippen molar-refractivity contribution in [2.45, 2.75) is 19.3 Å². The normalized spacial score (nSPS) is 13.9. The molecule has 1 heterocycles. The molecule has 0 saturated carbocycles. The van der Waals surface area contributed by atoms with Crippen molar-refractivity contribution in [2.75, 3.05) is 30.3 Å². The van der Waals surface area contributed by atoms with E-state index in [0.717, 1.165) is 31.6 Å². The Hall–Kier alpha value is -2.24. The van der Waals surface area contributed by atoms with Crippen LogP contribution >= 0.6 is 23.2 Å². The Balaban J connectivity index is 1.57. The number of hydrogen-bond donors (Lipinski definition) is 2. The van der Waals surface area contributed by atoms with E-state index in [9.17, 15) is 9.59 Å². The molecule has 1 saturated heterocycles. The van der Waals surface area contributed by atoms with E-state index in [1.807, 2.05) is 17.0 Å². The van der Waals surface area contributed by atoms with Gasteiger partial charge in [-0.15, -0.1) is 0 Å². The van der Waals surface area contributed by atoms with Crippen molar-refractivity contribution in [1.29, 1.82) is 0 Å². The fourth-order valence-corrected chi connectivity index (χ4v) is 3.58. The zero-order valence-corrected chi connectivity index (χ0v) is 16.3. The summed E-state index contributed by atoms with van der Waals surface area (Å²) in [5, 5.41) is 6.69. The summed E-state index contributed by atoms with van der Waals surface area (Å²) in [4.78, 5) is 26.6. The molecule has 0 unspecified atom stereocenters. The van der Waals surface area contributed by atoms with Crippen molar-refractivity contribution in [3.8, 4) is 0 Å². The SMILES string of the molecule is O=C(CNc1cccc(C(=O)N2CCCCC2)c1)Nc1cc(Cl)cc(Cl)c1.